The van der Waals surface area contributed by atoms with Crippen molar-refractivity contribution in [3.63, 3.8) is 0 Å². The quantitative estimate of drug-likeness (QED) is 0.0205. The van der Waals surface area contributed by atoms with E-state index >= 15 is 0 Å². The summed E-state index contributed by atoms with van der Waals surface area (Å²) >= 11 is 42.9. The van der Waals surface area contributed by atoms with Gasteiger partial charge in [-0.2, -0.15) is 0 Å². The molecule has 0 aliphatic carbocycles. The van der Waals surface area contributed by atoms with Gasteiger partial charge in [0.15, 0.2) is 0 Å². The second-order valence-electron chi connectivity index (χ2n) is 35.9. The molecule has 0 spiro atoms. The fourth-order valence-corrected chi connectivity index (χ4v) is 63.0. The Labute approximate surface area is 952 Å². The van der Waals surface area contributed by atoms with Gasteiger partial charge < -0.3 is 0 Å². The van der Waals surface area contributed by atoms with Gasteiger partial charge >= 0.3 is 0 Å². The summed E-state index contributed by atoms with van der Waals surface area (Å²) in [5.74, 6) is 24.3. The molecule has 0 aliphatic rings. The molecule has 1 aromatic carbocycles. The van der Waals surface area contributed by atoms with Crippen LogP contribution >= 0.6 is 249 Å². The molecule has 0 fully saturated rings. The van der Waals surface area contributed by atoms with Crippen molar-refractivity contribution in [2.24, 2.45) is 0 Å². The minimum absolute atomic E-state index is 1.03. The van der Waals surface area contributed by atoms with Crippen LogP contribution in [0.4, 0.5) is 0 Å². The molecular weight excluding hydrogens is 2240 g/mol. The van der Waals surface area contributed by atoms with Gasteiger partial charge in [-0.1, -0.05) is 163 Å². The SMILES string of the molecule is CC#CC#Cc1ccc(-c2ccc(-c3ccc([Si](c4ccc(-c5ccc(-c6ccc(-c7ccc(-c8ccc([Si](c9ccc(-c%10ccc(-c%11ccc(C)s%11)s%10)s9)(c9ccc(-c%10ccc(-c%11ccc(CCCCCC)s%11)s%10)s9)c9ccc(-c%10ccc(-c%11ccc(CCCCCC)s%11)s%10)s9)s8)s7)cc6)s5)s4)(c4ccc(-c5ccc(-c6ccc(C#CC#CC)s6)s5)s4)c4ccc(-c5ccc(-c6ccc(CCCCCC)s6)s5)s4)s3)s2)s1. The lowest BCUT2D eigenvalue weighted by molar-refractivity contribution is 0.670. The predicted molar refractivity (Wildman–Crippen MR) is 683 cm³/mol. The second kappa shape index (κ2) is 46.5. The molecule has 0 unspecified atom stereocenters. The standard InChI is InChI=1S/C123H96S22Si2/c1-7-12-17-22-27-83-37-43-91(127-83)97-53-59-105(135-97)113-67-73-119(143-113)146(118-72-64-110(140-118)102-56-50-94(132-102)88-40-30-78(6)124-88,120-74-68-114(144-120)106-60-54-98(136-106)92-44-38-84(128-92)28-23-18-13-8-2)116-70-62-108(138-116)100-48-46-86(130-100)79-31-33-80(34-32-79)87-47-49-101(131-87)109-63-71-117(139-109)147(121-75-65-111(141-121)103-57-51-95(133-103)89-41-35-81(125-89)25-20-15-10-4,122-76-66-112(142-122)104-58-52-96(134-104)90-42-36-82(126-90)26-21-16-11-5)123-77-69-115(145-123)107-61-55-99(137-107)93-45-39-85(129-93)29-24-19-14-9-3/h30-77H,7-9,12-14,17-19,22-24,27-29H2,1-6H3. The van der Waals surface area contributed by atoms with Crippen LogP contribution in [0, 0.1) is 54.3 Å². The van der Waals surface area contributed by atoms with E-state index < -0.39 is 16.1 Å². The van der Waals surface area contributed by atoms with Crippen LogP contribution in [-0.4, -0.2) is 16.1 Å². The topological polar surface area (TPSA) is 0 Å². The largest absolute Gasteiger partial charge is 0.222 e. The highest BCUT2D eigenvalue weighted by Gasteiger charge is 2.49. The zero-order valence-electron chi connectivity index (χ0n) is 81.3. The number of hydrogen-bond donors (Lipinski definition) is 0. The van der Waals surface area contributed by atoms with E-state index in [1.807, 2.05) is 241 Å². The summed E-state index contributed by atoms with van der Waals surface area (Å²) in [6, 6.07) is 115. The highest BCUT2D eigenvalue weighted by Crippen LogP contribution is 2.51. The predicted octanol–water partition coefficient (Wildman–Crippen LogP) is 39.9. The molecule has 0 saturated heterocycles. The summed E-state index contributed by atoms with van der Waals surface area (Å²) < 4.78 is 11.7. The van der Waals surface area contributed by atoms with Gasteiger partial charge in [-0.3, -0.25) is 0 Å². The lowest BCUT2D eigenvalue weighted by atomic mass is 10.1. The van der Waals surface area contributed by atoms with E-state index in [0.29, 0.717) is 0 Å². The van der Waals surface area contributed by atoms with Crippen molar-refractivity contribution >= 4 is 302 Å². The second-order valence-corrected chi connectivity index (χ2v) is 70.4. The maximum atomic E-state index is 3.27. The summed E-state index contributed by atoms with van der Waals surface area (Å²) in [6.07, 6.45) is 18.9. The Bertz CT molecular complexity index is 8480. The molecular formula is C123H96S22Si2. The number of rotatable bonds is 39. The van der Waals surface area contributed by atoms with Crippen LogP contribution < -0.4 is 36.0 Å². The third kappa shape index (κ3) is 21.8. The Morgan fingerprint density at radius 3 is 0.592 bits per heavy atom. The fraction of sp³-hybridized carbons (Fsp3) is 0.171. The van der Waals surface area contributed by atoms with Crippen LogP contribution in [0.25, 0.3) is 157 Å². The molecule has 23 aromatic rings. The first-order valence-electron chi connectivity index (χ1n) is 49.5. The molecule has 23 rings (SSSR count). The summed E-state index contributed by atoms with van der Waals surface area (Å²) in [7, 11) is -6.22. The van der Waals surface area contributed by atoms with Gasteiger partial charge in [-0.05, 0) is 324 Å². The Balaban J connectivity index is 0.582. The van der Waals surface area contributed by atoms with E-state index in [-0.39, 0.29) is 0 Å². The number of hydrogen-bond acceptors (Lipinski definition) is 22. The molecule has 24 heteroatoms. The number of unbranched alkanes of at least 4 members (excludes halogenated alkanes) is 9. The molecule has 22 heterocycles. The van der Waals surface area contributed by atoms with Gasteiger partial charge in [-0.25, -0.2) is 0 Å². The third-order valence-electron chi connectivity index (χ3n) is 26.0. The van der Waals surface area contributed by atoms with Gasteiger partial charge in [0.2, 0.25) is 16.1 Å². The average molecular weight is 2340 g/mol. The Morgan fingerprint density at radius 1 is 0.170 bits per heavy atom. The van der Waals surface area contributed by atoms with Crippen molar-refractivity contribution in [1.82, 2.24) is 0 Å². The molecule has 0 amide bonds. The van der Waals surface area contributed by atoms with Crippen LogP contribution in [0.1, 0.15) is 141 Å². The first kappa shape index (κ1) is 101. The highest BCUT2D eigenvalue weighted by molar-refractivity contribution is 7.57. The lowest BCUT2D eigenvalue weighted by Gasteiger charge is -2.28. The van der Waals surface area contributed by atoms with Crippen molar-refractivity contribution in [3.05, 3.63) is 320 Å². The van der Waals surface area contributed by atoms with Gasteiger partial charge in [0.1, 0.15) is 0 Å². The van der Waals surface area contributed by atoms with E-state index in [0.717, 1.165) is 16.2 Å². The van der Waals surface area contributed by atoms with E-state index in [1.54, 1.807) is 22.7 Å². The van der Waals surface area contributed by atoms with Crippen LogP contribution in [-0.2, 0) is 19.3 Å². The Kier molecular flexibility index (Phi) is 32.1. The summed E-state index contributed by atoms with van der Waals surface area (Å²) in [5, 5.41) is 0. The molecule has 0 atom stereocenters. The molecule has 0 aliphatic heterocycles. The zero-order valence-corrected chi connectivity index (χ0v) is 101. The Morgan fingerprint density at radius 2 is 0.361 bits per heavy atom. The molecule has 0 bridgehead atoms. The normalized spacial score (nSPS) is 11.7. The maximum absolute atomic E-state index is 3.27. The van der Waals surface area contributed by atoms with E-state index in [2.05, 4.69) is 366 Å². The summed E-state index contributed by atoms with van der Waals surface area (Å²) in [4.78, 5) is 47.3. The minimum atomic E-state index is -3.14. The number of thiophene rings is 22. The van der Waals surface area contributed by atoms with E-state index in [4.69, 9.17) is 0 Å². The highest BCUT2D eigenvalue weighted by atomic mass is 32.2. The van der Waals surface area contributed by atoms with E-state index in [1.165, 1.54) is 303 Å². The van der Waals surface area contributed by atoms with Crippen molar-refractivity contribution in [2.75, 3.05) is 0 Å². The molecule has 22 aromatic heterocycles. The van der Waals surface area contributed by atoms with E-state index in [9.17, 15) is 0 Å². The van der Waals surface area contributed by atoms with Crippen molar-refractivity contribution in [3.8, 4) is 205 Å². The summed E-state index contributed by atoms with van der Waals surface area (Å²) in [6.45, 7) is 12.8. The van der Waals surface area contributed by atoms with Crippen molar-refractivity contribution in [1.29, 1.82) is 0 Å². The smallest absolute Gasteiger partial charge is 0.143 e. The minimum Gasteiger partial charge on any atom is -0.143 e. The Hall–Kier alpha value is -8.71. The van der Waals surface area contributed by atoms with Gasteiger partial charge in [-0.15, -0.1) is 249 Å². The van der Waals surface area contributed by atoms with Crippen molar-refractivity contribution in [2.45, 2.75) is 138 Å². The maximum Gasteiger partial charge on any atom is 0.222 e. The summed E-state index contributed by atoms with van der Waals surface area (Å²) in [5.41, 5.74) is 2.46. The van der Waals surface area contributed by atoms with Crippen LogP contribution in [0.5, 0.6) is 0 Å². The molecule has 0 radical (unpaired) electrons. The first-order chi connectivity index (χ1) is 72.4. The van der Waals surface area contributed by atoms with Crippen LogP contribution in [0.3, 0.4) is 0 Å². The molecule has 0 nitrogen and oxygen atoms in total. The lowest BCUT2D eigenvalue weighted by Crippen LogP contribution is -2.71. The monoisotopic (exact) mass is 2330 g/mol. The van der Waals surface area contributed by atoms with Crippen molar-refractivity contribution < 1.29 is 0 Å². The van der Waals surface area contributed by atoms with Gasteiger partial charge in [0.25, 0.3) is 0 Å². The molecule has 0 saturated carbocycles. The molecule has 147 heavy (non-hydrogen) atoms. The molecule has 0 N–H and O–H groups in total. The number of benzene rings is 1. The average Bonchev–Trinajstić information content (AvgIpc) is 1.57. The number of aryl methyl sites for hydroxylation is 4. The van der Waals surface area contributed by atoms with Crippen LogP contribution in [0.15, 0.2) is 291 Å². The third-order valence-corrected chi connectivity index (χ3v) is 68.2. The first-order valence-corrected chi connectivity index (χ1v) is 71.5. The van der Waals surface area contributed by atoms with Crippen LogP contribution in [0.2, 0.25) is 0 Å². The fourth-order valence-electron chi connectivity index (χ4n) is 18.6. The van der Waals surface area contributed by atoms with Gasteiger partial charge in [0, 0.05) is 202 Å². The molecule has 728 valence electrons. The zero-order chi connectivity index (χ0) is 99.3. The van der Waals surface area contributed by atoms with Gasteiger partial charge in [0.05, 0.1) is 9.75 Å².